The summed E-state index contributed by atoms with van der Waals surface area (Å²) in [5, 5.41) is 11.7. The van der Waals surface area contributed by atoms with Crippen molar-refractivity contribution in [2.24, 2.45) is 0 Å². The Balaban J connectivity index is 1.21. The summed E-state index contributed by atoms with van der Waals surface area (Å²) in [6.45, 7) is 7.85. The average molecular weight is 661 g/mol. The minimum atomic E-state index is 0.628. The van der Waals surface area contributed by atoms with Crippen LogP contribution in [-0.2, 0) is 0 Å². The molecule has 2 heterocycles. The second kappa shape index (κ2) is 10.9. The number of fused-ring (bicyclic) bond motifs is 9. The number of hydrogen-bond donors (Lipinski definition) is 0. The quantitative estimate of drug-likeness (QED) is 0.137. The highest BCUT2D eigenvalue weighted by atomic mass is 16.3. The van der Waals surface area contributed by atoms with Gasteiger partial charge in [-0.3, -0.25) is 0 Å². The maximum absolute atomic E-state index is 7.85. The largest absolute Gasteiger partial charge is 0.456 e. The van der Waals surface area contributed by atoms with Crippen LogP contribution in [0.1, 0.15) is 0 Å². The number of para-hydroxylation sites is 1. The smallest absolute Gasteiger partial charge is 0.188 e. The van der Waals surface area contributed by atoms with E-state index in [4.69, 9.17) is 11.0 Å². The van der Waals surface area contributed by atoms with Gasteiger partial charge < -0.3 is 8.98 Å². The highest BCUT2D eigenvalue weighted by Gasteiger charge is 2.20. The summed E-state index contributed by atoms with van der Waals surface area (Å²) in [5.41, 5.74) is 10.4. The Morgan fingerprint density at radius 2 is 1.02 bits per heavy atom. The molecule has 240 valence electrons. The summed E-state index contributed by atoms with van der Waals surface area (Å²) in [5.74, 6) is 0. The fraction of sp³-hybridized carbons (Fsp3) is 0. The maximum atomic E-state index is 7.85. The monoisotopic (exact) mass is 660 g/mol. The molecule has 3 nitrogen and oxygen atoms in total. The Labute approximate surface area is 299 Å². The van der Waals surface area contributed by atoms with E-state index in [-0.39, 0.29) is 0 Å². The van der Waals surface area contributed by atoms with Gasteiger partial charge in [-0.05, 0) is 108 Å². The zero-order valence-corrected chi connectivity index (χ0v) is 28.0. The third-order valence-electron chi connectivity index (χ3n) is 10.8. The van der Waals surface area contributed by atoms with Gasteiger partial charge in [-0.15, -0.1) is 0 Å². The van der Waals surface area contributed by atoms with Gasteiger partial charge in [0.1, 0.15) is 11.2 Å². The second-order valence-corrected chi connectivity index (χ2v) is 13.5. The molecule has 11 aromatic rings. The van der Waals surface area contributed by atoms with Crippen LogP contribution >= 0.6 is 0 Å². The predicted molar refractivity (Wildman–Crippen MR) is 218 cm³/mol. The molecule has 0 spiro atoms. The average Bonchev–Trinajstić information content (AvgIpc) is 3.74. The van der Waals surface area contributed by atoms with Gasteiger partial charge in [0.2, 0.25) is 0 Å². The lowest BCUT2D eigenvalue weighted by Gasteiger charge is -2.19. The molecule has 0 aliphatic rings. The summed E-state index contributed by atoms with van der Waals surface area (Å²) < 4.78 is 8.50. The Kier molecular flexibility index (Phi) is 6.02. The Morgan fingerprint density at radius 3 is 1.77 bits per heavy atom. The molecule has 0 aliphatic carbocycles. The molecule has 0 unspecified atom stereocenters. The first kappa shape index (κ1) is 28.7. The Bertz CT molecular complexity index is 3260. The molecule has 0 bridgehead atoms. The van der Waals surface area contributed by atoms with E-state index in [2.05, 4.69) is 155 Å². The minimum Gasteiger partial charge on any atom is -0.456 e. The molecule has 0 aliphatic heterocycles. The van der Waals surface area contributed by atoms with E-state index in [1.807, 2.05) is 24.3 Å². The third kappa shape index (κ3) is 4.07. The van der Waals surface area contributed by atoms with Gasteiger partial charge >= 0.3 is 0 Å². The SMILES string of the molecule is [C-]#[N+]c1ccc2c(c1)c1cc(-c3c4ccccc4c(-c4cccc5ccccc45)c4ccccc34)ccc1n2-c1ccc2oc3ccccc3c2c1. The van der Waals surface area contributed by atoms with Crippen LogP contribution in [0.4, 0.5) is 5.69 Å². The molecule has 2 aromatic heterocycles. The number of hydrogen-bond acceptors (Lipinski definition) is 1. The second-order valence-electron chi connectivity index (χ2n) is 13.5. The minimum absolute atomic E-state index is 0.628. The Hall–Kier alpha value is -7.15. The highest BCUT2D eigenvalue weighted by molar-refractivity contribution is 6.24. The van der Waals surface area contributed by atoms with Gasteiger partial charge in [-0.25, -0.2) is 4.85 Å². The van der Waals surface area contributed by atoms with Gasteiger partial charge in [-0.2, -0.15) is 0 Å². The van der Waals surface area contributed by atoms with Crippen LogP contribution < -0.4 is 0 Å². The zero-order valence-electron chi connectivity index (χ0n) is 28.0. The molecular formula is C49H28N2O. The van der Waals surface area contributed by atoms with Crippen molar-refractivity contribution in [3.05, 3.63) is 181 Å². The summed E-state index contributed by atoms with van der Waals surface area (Å²) in [6.07, 6.45) is 0. The molecule has 0 fully saturated rings. The number of nitrogens with zero attached hydrogens (tertiary/aromatic N) is 2. The molecule has 0 radical (unpaired) electrons. The first-order chi connectivity index (χ1) is 25.7. The normalized spacial score (nSPS) is 11.8. The van der Waals surface area contributed by atoms with Crippen molar-refractivity contribution in [2.75, 3.05) is 0 Å². The van der Waals surface area contributed by atoms with Crippen molar-refractivity contribution in [1.82, 2.24) is 4.57 Å². The van der Waals surface area contributed by atoms with Crippen LogP contribution in [0, 0.1) is 6.57 Å². The Morgan fingerprint density at radius 1 is 0.423 bits per heavy atom. The van der Waals surface area contributed by atoms with E-state index < -0.39 is 0 Å². The summed E-state index contributed by atoms with van der Waals surface area (Å²) in [4.78, 5) is 3.83. The van der Waals surface area contributed by atoms with E-state index in [0.29, 0.717) is 5.69 Å². The van der Waals surface area contributed by atoms with Gasteiger partial charge in [0.05, 0.1) is 17.6 Å². The molecule has 11 rings (SSSR count). The molecule has 0 atom stereocenters. The lowest BCUT2D eigenvalue weighted by molar-refractivity contribution is 0.669. The van der Waals surface area contributed by atoms with Gasteiger partial charge in [0, 0.05) is 21.8 Å². The maximum Gasteiger partial charge on any atom is 0.188 e. The molecule has 0 amide bonds. The van der Waals surface area contributed by atoms with Gasteiger partial charge in [-0.1, -0.05) is 121 Å². The van der Waals surface area contributed by atoms with Crippen LogP contribution in [0.25, 0.3) is 109 Å². The van der Waals surface area contributed by atoms with Crippen LogP contribution in [0.2, 0.25) is 0 Å². The standard InChI is InChI=1S/C49H28N2O/c1-50-32-22-25-45-42(28-32)41-27-31(21-24-44(41)51(45)33-23-26-47-43(29-33)35-14-8-9-20-46(35)52-47)48-37-15-4-6-17-39(37)49(40-18-7-5-16-38(40)48)36-19-10-12-30-11-2-3-13-34(30)36/h2-29H. The van der Waals surface area contributed by atoms with E-state index in [0.717, 1.165) is 55.0 Å². The van der Waals surface area contributed by atoms with Crippen LogP contribution in [-0.4, -0.2) is 4.57 Å². The first-order valence-corrected chi connectivity index (χ1v) is 17.5. The number of aromatic nitrogens is 1. The summed E-state index contributed by atoms with van der Waals surface area (Å²) >= 11 is 0. The molecule has 0 saturated carbocycles. The van der Waals surface area contributed by atoms with Crippen LogP contribution in [0.15, 0.2) is 174 Å². The van der Waals surface area contributed by atoms with Crippen molar-refractivity contribution in [3.63, 3.8) is 0 Å². The lowest BCUT2D eigenvalue weighted by atomic mass is 9.84. The molecule has 3 heteroatoms. The molecule has 0 N–H and O–H groups in total. The van der Waals surface area contributed by atoms with E-state index in [1.165, 1.54) is 49.0 Å². The topological polar surface area (TPSA) is 22.4 Å². The van der Waals surface area contributed by atoms with Crippen molar-refractivity contribution >= 4 is 81.7 Å². The van der Waals surface area contributed by atoms with Crippen molar-refractivity contribution in [1.29, 1.82) is 0 Å². The van der Waals surface area contributed by atoms with Gasteiger partial charge in [0.15, 0.2) is 5.69 Å². The number of furan rings is 1. The molecule has 9 aromatic carbocycles. The van der Waals surface area contributed by atoms with Crippen molar-refractivity contribution in [2.45, 2.75) is 0 Å². The fourth-order valence-electron chi connectivity index (χ4n) is 8.54. The van der Waals surface area contributed by atoms with Gasteiger partial charge in [0.25, 0.3) is 0 Å². The molecular weight excluding hydrogens is 633 g/mol. The van der Waals surface area contributed by atoms with Crippen molar-refractivity contribution < 1.29 is 4.42 Å². The lowest BCUT2D eigenvalue weighted by Crippen LogP contribution is -1.94. The predicted octanol–water partition coefficient (Wildman–Crippen LogP) is 14.0. The number of rotatable bonds is 3. The third-order valence-corrected chi connectivity index (χ3v) is 10.8. The van der Waals surface area contributed by atoms with E-state index in [1.54, 1.807) is 0 Å². The van der Waals surface area contributed by atoms with E-state index in [9.17, 15) is 0 Å². The van der Waals surface area contributed by atoms with E-state index >= 15 is 0 Å². The fourth-order valence-corrected chi connectivity index (χ4v) is 8.54. The first-order valence-electron chi connectivity index (χ1n) is 17.5. The summed E-state index contributed by atoms with van der Waals surface area (Å²) in [6, 6.07) is 60.5. The summed E-state index contributed by atoms with van der Waals surface area (Å²) in [7, 11) is 0. The van der Waals surface area contributed by atoms with Crippen LogP contribution in [0.5, 0.6) is 0 Å². The van der Waals surface area contributed by atoms with Crippen LogP contribution in [0.3, 0.4) is 0 Å². The number of benzene rings is 9. The zero-order chi connectivity index (χ0) is 34.3. The van der Waals surface area contributed by atoms with Crippen molar-refractivity contribution in [3.8, 4) is 27.9 Å². The molecule has 52 heavy (non-hydrogen) atoms. The molecule has 0 saturated heterocycles. The highest BCUT2D eigenvalue weighted by Crippen LogP contribution is 2.46.